The van der Waals surface area contributed by atoms with Gasteiger partial charge in [0.2, 0.25) is 5.91 Å². The number of allylic oxidation sites excluding steroid dienone is 1. The van der Waals surface area contributed by atoms with Crippen LogP contribution in [0, 0.1) is 12.8 Å². The van der Waals surface area contributed by atoms with Crippen LogP contribution >= 0.6 is 0 Å². The molecule has 2 aromatic carbocycles. The Labute approximate surface area is 142 Å². The monoisotopic (exact) mass is 341 g/mol. The van der Waals surface area contributed by atoms with Gasteiger partial charge >= 0.3 is 0 Å². The molecule has 0 spiro atoms. The van der Waals surface area contributed by atoms with Crippen LogP contribution in [-0.4, -0.2) is 18.6 Å². The first kappa shape index (κ1) is 16.5. The van der Waals surface area contributed by atoms with Crippen LogP contribution in [0.2, 0.25) is 0 Å². The van der Waals surface area contributed by atoms with E-state index in [0.29, 0.717) is 0 Å². The van der Waals surface area contributed by atoms with E-state index in [1.807, 2.05) is 44.2 Å². The first-order chi connectivity index (χ1) is 11.5. The van der Waals surface area contributed by atoms with E-state index in [2.05, 4.69) is 0 Å². The van der Waals surface area contributed by atoms with Crippen LogP contribution in [0.25, 0.3) is 0 Å². The minimum Gasteiger partial charge on any atom is -0.273 e. The quantitative estimate of drug-likeness (QED) is 0.632. The third kappa shape index (κ3) is 2.65. The predicted octanol–water partition coefficient (Wildman–Crippen LogP) is 3.46. The molecule has 0 aliphatic carbocycles. The van der Waals surface area contributed by atoms with E-state index >= 15 is 0 Å². The second-order valence-electron chi connectivity index (χ2n) is 5.86. The van der Waals surface area contributed by atoms with Gasteiger partial charge in [0.1, 0.15) is 0 Å². The third-order valence-corrected chi connectivity index (χ3v) is 6.01. The van der Waals surface area contributed by atoms with E-state index in [9.17, 15) is 13.2 Å². The van der Waals surface area contributed by atoms with Crippen molar-refractivity contribution in [2.45, 2.75) is 24.8 Å². The lowest BCUT2D eigenvalue weighted by atomic mass is 9.85. The van der Waals surface area contributed by atoms with Gasteiger partial charge in [-0.3, -0.25) is 4.79 Å². The predicted molar refractivity (Wildman–Crippen MR) is 92.7 cm³/mol. The highest BCUT2D eigenvalue weighted by Crippen LogP contribution is 2.44. The van der Waals surface area contributed by atoms with Crippen molar-refractivity contribution in [2.24, 2.45) is 5.92 Å². The molecule has 3 rings (SSSR count). The Kier molecular flexibility index (Phi) is 4.28. The van der Waals surface area contributed by atoms with Crippen molar-refractivity contribution in [3.63, 3.8) is 0 Å². The summed E-state index contributed by atoms with van der Waals surface area (Å²) >= 11 is 0. The van der Waals surface area contributed by atoms with Gasteiger partial charge in [0.15, 0.2) is 0 Å². The fourth-order valence-corrected chi connectivity index (χ4v) is 4.58. The molecule has 2 aromatic rings. The summed E-state index contributed by atoms with van der Waals surface area (Å²) in [7, 11) is -3.87. The summed E-state index contributed by atoms with van der Waals surface area (Å²) in [5, 5.41) is 0. The van der Waals surface area contributed by atoms with Crippen LogP contribution in [0.5, 0.6) is 0 Å². The number of benzene rings is 2. The molecule has 124 valence electrons. The Morgan fingerprint density at radius 3 is 2.21 bits per heavy atom. The van der Waals surface area contributed by atoms with Crippen LogP contribution in [0.3, 0.4) is 0 Å². The molecular weight excluding hydrogens is 322 g/mol. The smallest absolute Gasteiger partial charge is 0.267 e. The lowest BCUT2D eigenvalue weighted by Gasteiger charge is -2.45. The molecule has 4 nitrogen and oxygen atoms in total. The fraction of sp³-hybridized carbons (Fsp3) is 0.211. The van der Waals surface area contributed by atoms with E-state index in [4.69, 9.17) is 0 Å². The summed E-state index contributed by atoms with van der Waals surface area (Å²) in [6.45, 7) is 3.71. The second kappa shape index (κ2) is 6.24. The number of rotatable bonds is 4. The Hall–Kier alpha value is -2.40. The number of sulfonamides is 1. The van der Waals surface area contributed by atoms with E-state index in [-0.39, 0.29) is 10.8 Å². The normalized spacial score (nSPS) is 21.1. The van der Waals surface area contributed by atoms with Gasteiger partial charge in [0.25, 0.3) is 10.0 Å². The highest BCUT2D eigenvalue weighted by atomic mass is 32.2. The van der Waals surface area contributed by atoms with Crippen LogP contribution < -0.4 is 0 Å². The van der Waals surface area contributed by atoms with Crippen molar-refractivity contribution in [2.75, 3.05) is 0 Å². The molecule has 1 amide bonds. The molecule has 0 aromatic heterocycles. The molecule has 0 N–H and O–H groups in total. The topological polar surface area (TPSA) is 54.5 Å². The van der Waals surface area contributed by atoms with Gasteiger partial charge < -0.3 is 0 Å². The van der Waals surface area contributed by atoms with E-state index < -0.39 is 22.0 Å². The molecule has 1 aliphatic heterocycles. The molecule has 1 fully saturated rings. The Morgan fingerprint density at radius 1 is 1.00 bits per heavy atom. The highest BCUT2D eigenvalue weighted by molar-refractivity contribution is 7.89. The molecule has 24 heavy (non-hydrogen) atoms. The SMILES string of the molecule is C/C=C\[C@H]1C(=O)N(S(=O)(=O)c2ccc(C)cc2)[C@@H]1c1ccccc1. The highest BCUT2D eigenvalue weighted by Gasteiger charge is 2.52. The number of carbonyl (C=O) groups is 1. The van der Waals surface area contributed by atoms with Crippen molar-refractivity contribution < 1.29 is 13.2 Å². The molecule has 1 saturated heterocycles. The number of β-lactam (4-membered cyclic amide) rings is 1. The number of hydrogen-bond donors (Lipinski definition) is 0. The standard InChI is InChI=1S/C19H19NO3S/c1-3-7-17-18(15-8-5-4-6-9-15)20(19(17)21)24(22,23)16-12-10-14(2)11-13-16/h3-13,17-18H,1-2H3/b7-3-/t17-,18-/m1/s1. The van der Waals surface area contributed by atoms with Crippen molar-refractivity contribution in [3.05, 3.63) is 77.9 Å². The van der Waals surface area contributed by atoms with Crippen LogP contribution in [0.15, 0.2) is 71.6 Å². The van der Waals surface area contributed by atoms with E-state index in [1.165, 1.54) is 0 Å². The van der Waals surface area contributed by atoms with Crippen molar-refractivity contribution in [1.29, 1.82) is 0 Å². The number of amides is 1. The van der Waals surface area contributed by atoms with Crippen molar-refractivity contribution in [1.82, 2.24) is 4.31 Å². The molecular formula is C19H19NO3S. The largest absolute Gasteiger partial charge is 0.273 e. The average molecular weight is 341 g/mol. The maximum Gasteiger partial charge on any atom is 0.267 e. The lowest BCUT2D eigenvalue weighted by molar-refractivity contribution is -0.143. The summed E-state index contributed by atoms with van der Waals surface area (Å²) in [5.41, 5.74) is 1.78. The van der Waals surface area contributed by atoms with Gasteiger partial charge in [-0.2, -0.15) is 0 Å². The molecule has 1 heterocycles. The lowest BCUT2D eigenvalue weighted by Crippen LogP contribution is -2.56. The molecule has 2 atom stereocenters. The average Bonchev–Trinajstić information content (AvgIpc) is 2.58. The summed E-state index contributed by atoms with van der Waals surface area (Å²) in [5.74, 6) is -0.833. The van der Waals surface area contributed by atoms with Gasteiger partial charge in [0.05, 0.1) is 16.9 Å². The summed E-state index contributed by atoms with van der Waals surface area (Å²) < 4.78 is 26.9. The van der Waals surface area contributed by atoms with Gasteiger partial charge in [-0.05, 0) is 31.5 Å². The van der Waals surface area contributed by atoms with Crippen LogP contribution in [0.4, 0.5) is 0 Å². The number of nitrogens with zero attached hydrogens (tertiary/aromatic N) is 1. The first-order valence-electron chi connectivity index (χ1n) is 7.79. The number of hydrogen-bond acceptors (Lipinski definition) is 3. The Bertz CT molecular complexity index is 871. The zero-order valence-corrected chi connectivity index (χ0v) is 14.4. The van der Waals surface area contributed by atoms with Crippen molar-refractivity contribution in [3.8, 4) is 0 Å². The molecule has 5 heteroatoms. The summed E-state index contributed by atoms with van der Waals surface area (Å²) in [6, 6.07) is 15.3. The minimum absolute atomic E-state index is 0.140. The van der Waals surface area contributed by atoms with Crippen molar-refractivity contribution >= 4 is 15.9 Å². The van der Waals surface area contributed by atoms with Gasteiger partial charge in [0, 0.05) is 0 Å². The molecule has 0 radical (unpaired) electrons. The second-order valence-corrected chi connectivity index (χ2v) is 7.67. The fourth-order valence-electron chi connectivity index (χ4n) is 2.96. The number of aryl methyl sites for hydroxylation is 1. The minimum atomic E-state index is -3.87. The van der Waals surface area contributed by atoms with Gasteiger partial charge in [-0.25, -0.2) is 12.7 Å². The maximum atomic E-state index is 13.0. The summed E-state index contributed by atoms with van der Waals surface area (Å²) in [4.78, 5) is 12.7. The first-order valence-corrected chi connectivity index (χ1v) is 9.23. The zero-order chi connectivity index (χ0) is 17.3. The van der Waals surface area contributed by atoms with Crippen LogP contribution in [0.1, 0.15) is 24.1 Å². The van der Waals surface area contributed by atoms with E-state index in [0.717, 1.165) is 15.4 Å². The van der Waals surface area contributed by atoms with Gasteiger partial charge in [-0.15, -0.1) is 0 Å². The molecule has 0 unspecified atom stereocenters. The van der Waals surface area contributed by atoms with E-state index in [1.54, 1.807) is 36.4 Å². The maximum absolute atomic E-state index is 13.0. The molecule has 0 bridgehead atoms. The molecule has 1 aliphatic rings. The van der Waals surface area contributed by atoms with Crippen LogP contribution in [-0.2, 0) is 14.8 Å². The van der Waals surface area contributed by atoms with Gasteiger partial charge in [-0.1, -0.05) is 60.2 Å². The third-order valence-electron chi connectivity index (χ3n) is 4.21. The Balaban J connectivity index is 2.05. The Morgan fingerprint density at radius 2 is 1.62 bits per heavy atom. The zero-order valence-electron chi connectivity index (χ0n) is 13.6. The summed E-state index contributed by atoms with van der Waals surface area (Å²) in [6.07, 6.45) is 3.55. The molecule has 0 saturated carbocycles. The number of carbonyl (C=O) groups excluding carboxylic acids is 1.